The summed E-state index contributed by atoms with van der Waals surface area (Å²) in [7, 11) is 1.16. The Morgan fingerprint density at radius 2 is 1.92 bits per heavy atom. The van der Waals surface area contributed by atoms with Crippen molar-refractivity contribution in [3.8, 4) is 0 Å². The Hall–Kier alpha value is -1.12. The molecular weight excluding hydrogens is 366 g/mol. The van der Waals surface area contributed by atoms with Gasteiger partial charge in [-0.25, -0.2) is 4.79 Å². The van der Waals surface area contributed by atoms with E-state index >= 15 is 0 Å². The molecule has 1 heterocycles. The predicted octanol–water partition coefficient (Wildman–Crippen LogP) is -2.60. The van der Waals surface area contributed by atoms with Crippen LogP contribution in [-0.2, 0) is 9.47 Å². The maximum absolute atomic E-state index is 12.3. The smallest absolute Gasteiger partial charge is 0.345 e. The molecule has 6 atom stereocenters. The molecule has 0 radical (unpaired) electrons. The summed E-state index contributed by atoms with van der Waals surface area (Å²) in [6.45, 7) is -1.27. The molecule has 1 fully saturated rings. The summed E-state index contributed by atoms with van der Waals surface area (Å²) in [6, 6.07) is -1.09. The fourth-order valence-corrected chi connectivity index (χ4v) is 2.50. The van der Waals surface area contributed by atoms with Crippen molar-refractivity contribution in [2.45, 2.75) is 36.9 Å². The number of alkyl halides is 1. The number of hydrogen-bond donors (Lipinski definition) is 5. The number of carbonyl (C=O) groups is 1. The van der Waals surface area contributed by atoms with Crippen LogP contribution < -0.4 is 0 Å². The van der Waals surface area contributed by atoms with Gasteiger partial charge in [-0.05, 0) is 0 Å². The Morgan fingerprint density at radius 1 is 1.28 bits per heavy atom. The number of rotatable bonds is 8. The van der Waals surface area contributed by atoms with Crippen molar-refractivity contribution in [3.63, 3.8) is 0 Å². The number of aliphatic hydroxyl groups excluding tert-OH is 5. The summed E-state index contributed by atoms with van der Waals surface area (Å²) in [5, 5.41) is 52.0. The van der Waals surface area contributed by atoms with E-state index in [1.807, 2.05) is 0 Å². The van der Waals surface area contributed by atoms with Crippen LogP contribution in [0.2, 0.25) is 0 Å². The summed E-state index contributed by atoms with van der Waals surface area (Å²) < 4.78 is 9.99. The number of carbonyl (C=O) groups excluding carboxylic acids is 1. The van der Waals surface area contributed by atoms with Crippen molar-refractivity contribution in [2.75, 3.05) is 32.7 Å². The molecule has 146 valence electrons. The zero-order chi connectivity index (χ0) is 19.1. The van der Waals surface area contributed by atoms with Gasteiger partial charge in [-0.2, -0.15) is 5.01 Å². The van der Waals surface area contributed by atoms with Crippen LogP contribution in [0, 0.1) is 4.91 Å². The molecule has 1 unspecified atom stereocenters. The average molecular weight is 388 g/mol. The molecule has 0 saturated carbocycles. The van der Waals surface area contributed by atoms with E-state index in [-0.39, 0.29) is 12.4 Å². The average Bonchev–Trinajstić information content (AvgIpc) is 2.61. The molecule has 0 aromatic heterocycles. The van der Waals surface area contributed by atoms with Crippen molar-refractivity contribution >= 4 is 17.6 Å². The zero-order valence-corrected chi connectivity index (χ0v) is 14.1. The molecule has 0 bridgehead atoms. The molecule has 25 heavy (non-hydrogen) atoms. The van der Waals surface area contributed by atoms with E-state index in [9.17, 15) is 30.1 Å². The van der Waals surface area contributed by atoms with Gasteiger partial charge in [0.15, 0.2) is 12.5 Å². The van der Waals surface area contributed by atoms with Crippen molar-refractivity contribution in [1.82, 2.24) is 9.91 Å². The standard InChI is InChI=1S/C12H22ClN3O9/c1-24-11-8(20)6(18)7(19)9(25-11)10(21)15(4-5-17)12(22)16(14-23)3-2-13/h6-11,17-21H,2-5H2,1H3/t6-,7-,8+,9-,10?,11-/m0/s1. The molecule has 2 amide bonds. The predicted molar refractivity (Wildman–Crippen MR) is 82.1 cm³/mol. The lowest BCUT2D eigenvalue weighted by atomic mass is 9.97. The van der Waals surface area contributed by atoms with Gasteiger partial charge in [0.1, 0.15) is 24.4 Å². The molecule has 13 heteroatoms. The van der Waals surface area contributed by atoms with Crippen LogP contribution in [0.4, 0.5) is 4.79 Å². The van der Waals surface area contributed by atoms with Gasteiger partial charge in [-0.15, -0.1) is 16.5 Å². The minimum Gasteiger partial charge on any atom is -0.395 e. The molecule has 0 spiro atoms. The van der Waals surface area contributed by atoms with Gasteiger partial charge in [-0.3, -0.25) is 4.90 Å². The lowest BCUT2D eigenvalue weighted by Gasteiger charge is -2.43. The Bertz CT molecular complexity index is 444. The van der Waals surface area contributed by atoms with Crippen molar-refractivity contribution in [3.05, 3.63) is 4.91 Å². The summed E-state index contributed by atoms with van der Waals surface area (Å²) >= 11 is 5.46. The normalized spacial score (nSPS) is 30.6. The molecule has 0 aromatic rings. The van der Waals surface area contributed by atoms with Crippen LogP contribution >= 0.6 is 11.6 Å². The maximum Gasteiger partial charge on any atom is 0.345 e. The lowest BCUT2D eigenvalue weighted by Crippen LogP contribution is -2.65. The van der Waals surface area contributed by atoms with Crippen LogP contribution in [0.5, 0.6) is 0 Å². The third-order valence-electron chi connectivity index (χ3n) is 3.65. The monoisotopic (exact) mass is 387 g/mol. The van der Waals surface area contributed by atoms with Crippen LogP contribution in [0.3, 0.4) is 0 Å². The van der Waals surface area contributed by atoms with Gasteiger partial charge in [0, 0.05) is 19.5 Å². The SMILES string of the molecule is CO[C@H]1O[C@H](C(O)N(CCO)C(=O)N(CCCl)N=O)[C@@H](O)[C@H](O)[C@H]1O. The third kappa shape index (κ3) is 4.95. The summed E-state index contributed by atoms with van der Waals surface area (Å²) in [5.41, 5.74) is 0. The second kappa shape index (κ2) is 10.1. The Morgan fingerprint density at radius 3 is 2.40 bits per heavy atom. The van der Waals surface area contributed by atoms with E-state index in [0.717, 1.165) is 7.11 Å². The number of amides is 2. The van der Waals surface area contributed by atoms with Crippen molar-refractivity contribution in [2.24, 2.45) is 5.29 Å². The van der Waals surface area contributed by atoms with Gasteiger partial charge < -0.3 is 35.0 Å². The van der Waals surface area contributed by atoms with Crippen LogP contribution in [0.1, 0.15) is 0 Å². The van der Waals surface area contributed by atoms with Gasteiger partial charge in [0.25, 0.3) is 0 Å². The fraction of sp³-hybridized carbons (Fsp3) is 0.917. The quantitative estimate of drug-likeness (QED) is 0.129. The first-order valence-corrected chi connectivity index (χ1v) is 7.86. The number of nitrogens with zero attached hydrogens (tertiary/aromatic N) is 3. The van der Waals surface area contributed by atoms with Gasteiger partial charge in [-0.1, -0.05) is 0 Å². The number of halogens is 1. The van der Waals surface area contributed by atoms with Crippen LogP contribution in [0.25, 0.3) is 0 Å². The number of aliphatic hydroxyl groups is 5. The second-order valence-corrected chi connectivity index (χ2v) is 5.56. The van der Waals surface area contributed by atoms with E-state index in [4.69, 9.17) is 26.2 Å². The molecule has 1 aliphatic rings. The van der Waals surface area contributed by atoms with Crippen LogP contribution in [-0.4, -0.2) is 111 Å². The van der Waals surface area contributed by atoms with Crippen molar-refractivity contribution < 1.29 is 39.8 Å². The molecule has 0 aliphatic carbocycles. The van der Waals surface area contributed by atoms with E-state index in [1.54, 1.807) is 0 Å². The molecule has 0 aromatic carbocycles. The highest BCUT2D eigenvalue weighted by Crippen LogP contribution is 2.25. The van der Waals surface area contributed by atoms with E-state index in [2.05, 4.69) is 5.29 Å². The minimum atomic E-state index is -1.89. The number of methoxy groups -OCH3 is 1. The third-order valence-corrected chi connectivity index (χ3v) is 3.82. The second-order valence-electron chi connectivity index (χ2n) is 5.18. The molecule has 1 saturated heterocycles. The Balaban J connectivity index is 3.02. The topological polar surface area (TPSA) is 173 Å². The lowest BCUT2D eigenvalue weighted by molar-refractivity contribution is -0.312. The summed E-state index contributed by atoms with van der Waals surface area (Å²) in [4.78, 5) is 23.7. The number of hydrogen-bond acceptors (Lipinski definition) is 10. The highest BCUT2D eigenvalue weighted by Gasteiger charge is 2.49. The van der Waals surface area contributed by atoms with E-state index in [0.29, 0.717) is 9.91 Å². The summed E-state index contributed by atoms with van der Waals surface area (Å²) in [5.74, 6) is -0.111. The van der Waals surface area contributed by atoms with E-state index in [1.165, 1.54) is 0 Å². The van der Waals surface area contributed by atoms with Crippen molar-refractivity contribution in [1.29, 1.82) is 0 Å². The highest BCUT2D eigenvalue weighted by atomic mass is 35.5. The van der Waals surface area contributed by atoms with Crippen LogP contribution in [0.15, 0.2) is 5.29 Å². The first kappa shape index (κ1) is 21.9. The minimum absolute atomic E-state index is 0.111. The first-order valence-electron chi connectivity index (χ1n) is 7.32. The number of ether oxygens (including phenoxy) is 2. The molecular formula is C12H22ClN3O9. The van der Waals surface area contributed by atoms with Gasteiger partial charge in [0.05, 0.1) is 18.4 Å². The number of nitroso groups, excluding NO2 is 1. The summed E-state index contributed by atoms with van der Waals surface area (Å²) in [6.07, 6.45) is -9.97. The molecule has 1 rings (SSSR count). The molecule has 12 nitrogen and oxygen atoms in total. The maximum atomic E-state index is 12.3. The molecule has 5 N–H and O–H groups in total. The Kier molecular flexibility index (Phi) is 8.88. The highest BCUT2D eigenvalue weighted by molar-refractivity contribution is 6.18. The first-order chi connectivity index (χ1) is 11.8. The van der Waals surface area contributed by atoms with Gasteiger partial charge in [0.2, 0.25) is 0 Å². The number of urea groups is 1. The largest absolute Gasteiger partial charge is 0.395 e. The molecule has 1 aliphatic heterocycles. The zero-order valence-electron chi connectivity index (χ0n) is 13.4. The Labute approximate surface area is 148 Å². The van der Waals surface area contributed by atoms with E-state index < -0.39 is 56.1 Å². The van der Waals surface area contributed by atoms with Gasteiger partial charge >= 0.3 is 6.03 Å². The fourth-order valence-electron chi connectivity index (χ4n) is 2.34.